The topological polar surface area (TPSA) is 55.6 Å². The van der Waals surface area contributed by atoms with Crippen LogP contribution in [0, 0.1) is 0 Å². The molecule has 1 fully saturated rings. The normalized spacial score (nSPS) is 17.9. The Morgan fingerprint density at radius 2 is 2.17 bits per heavy atom. The highest BCUT2D eigenvalue weighted by Crippen LogP contribution is 2.17. The van der Waals surface area contributed by atoms with Gasteiger partial charge in [-0.3, -0.25) is 4.79 Å². The number of ether oxygens (including phenoxy) is 1. The zero-order valence-corrected chi connectivity index (χ0v) is 14.1. The van der Waals surface area contributed by atoms with E-state index >= 15 is 0 Å². The molecule has 1 aliphatic rings. The number of benzene rings is 1. The fourth-order valence-corrected chi connectivity index (χ4v) is 3.10. The van der Waals surface area contributed by atoms with E-state index in [1.54, 1.807) is 0 Å². The van der Waals surface area contributed by atoms with Gasteiger partial charge in [-0.25, -0.2) is 4.98 Å². The predicted molar refractivity (Wildman–Crippen MR) is 90.9 cm³/mol. The maximum atomic E-state index is 12.6. The minimum Gasteiger partial charge on any atom is -0.448 e. The van der Waals surface area contributed by atoms with Crippen molar-refractivity contribution >= 4 is 5.91 Å². The van der Waals surface area contributed by atoms with Crippen LogP contribution in [-0.4, -0.2) is 41.6 Å². The second-order valence-corrected chi connectivity index (χ2v) is 6.10. The van der Waals surface area contributed by atoms with E-state index in [2.05, 4.69) is 29.2 Å². The Kier molecular flexibility index (Phi) is 5.64. The van der Waals surface area contributed by atoms with Gasteiger partial charge in [0.05, 0.1) is 12.7 Å². The number of aromatic nitrogens is 1. The number of rotatable bonds is 6. The molecule has 0 radical (unpaired) electrons. The van der Waals surface area contributed by atoms with Gasteiger partial charge in [-0.2, -0.15) is 0 Å². The lowest BCUT2D eigenvalue weighted by Crippen LogP contribution is -2.46. The van der Waals surface area contributed by atoms with Gasteiger partial charge in [-0.1, -0.05) is 37.3 Å². The van der Waals surface area contributed by atoms with Crippen LogP contribution in [0.2, 0.25) is 0 Å². The van der Waals surface area contributed by atoms with Crippen LogP contribution in [0.25, 0.3) is 0 Å². The third kappa shape index (κ3) is 4.03. The van der Waals surface area contributed by atoms with Crippen LogP contribution in [0.1, 0.15) is 41.6 Å². The molecule has 128 valence electrons. The number of aryl methyl sites for hydroxylation is 2. The van der Waals surface area contributed by atoms with Gasteiger partial charge in [0.25, 0.3) is 5.91 Å². The van der Waals surface area contributed by atoms with Gasteiger partial charge in [0.15, 0.2) is 12.1 Å². The van der Waals surface area contributed by atoms with Crippen LogP contribution in [0.15, 0.2) is 41.1 Å². The van der Waals surface area contributed by atoms with Gasteiger partial charge in [0, 0.05) is 19.5 Å². The first kappa shape index (κ1) is 16.7. The minimum absolute atomic E-state index is 0.0445. The maximum absolute atomic E-state index is 12.6. The summed E-state index contributed by atoms with van der Waals surface area (Å²) in [6.45, 7) is 3.79. The Morgan fingerprint density at radius 1 is 1.33 bits per heavy atom. The number of hydrogen-bond donors (Lipinski definition) is 0. The molecule has 0 N–H and O–H groups in total. The maximum Gasteiger partial charge on any atom is 0.276 e. The van der Waals surface area contributed by atoms with Crippen molar-refractivity contribution in [1.29, 1.82) is 0 Å². The van der Waals surface area contributed by atoms with E-state index in [4.69, 9.17) is 9.15 Å². The van der Waals surface area contributed by atoms with Crippen molar-refractivity contribution < 1.29 is 13.9 Å². The number of nitrogens with zero attached hydrogens (tertiary/aromatic N) is 2. The predicted octanol–water partition coefficient (Wildman–Crippen LogP) is 3.10. The quantitative estimate of drug-likeness (QED) is 0.817. The Balaban J connectivity index is 1.51. The molecule has 1 amide bonds. The third-order valence-electron chi connectivity index (χ3n) is 4.42. The van der Waals surface area contributed by atoms with E-state index in [-0.39, 0.29) is 12.0 Å². The molecule has 1 unspecified atom stereocenters. The first-order chi connectivity index (χ1) is 11.8. The fourth-order valence-electron chi connectivity index (χ4n) is 3.10. The third-order valence-corrected chi connectivity index (χ3v) is 4.42. The summed E-state index contributed by atoms with van der Waals surface area (Å²) in [5, 5.41) is 0. The fraction of sp³-hybridized carbons (Fsp3) is 0.474. The molecule has 3 rings (SSSR count). The SMILES string of the molecule is CCc1ocnc1C(=O)N1CCOC(CCCc2ccccc2)C1. The van der Waals surface area contributed by atoms with Crippen molar-refractivity contribution in [2.45, 2.75) is 38.7 Å². The monoisotopic (exact) mass is 328 g/mol. The zero-order chi connectivity index (χ0) is 16.8. The van der Waals surface area contributed by atoms with Crippen LogP contribution < -0.4 is 0 Å². The van der Waals surface area contributed by atoms with Gasteiger partial charge < -0.3 is 14.1 Å². The number of carbonyl (C=O) groups excluding carboxylic acids is 1. The molecule has 5 heteroatoms. The van der Waals surface area contributed by atoms with Crippen molar-refractivity contribution in [2.24, 2.45) is 0 Å². The molecule has 0 bridgehead atoms. The molecule has 1 aromatic heterocycles. The highest BCUT2D eigenvalue weighted by molar-refractivity contribution is 5.93. The summed E-state index contributed by atoms with van der Waals surface area (Å²) in [5.74, 6) is 0.615. The average molecular weight is 328 g/mol. The van der Waals surface area contributed by atoms with E-state index in [0.717, 1.165) is 19.3 Å². The number of morpholine rings is 1. The first-order valence-electron chi connectivity index (χ1n) is 8.65. The number of carbonyl (C=O) groups is 1. The lowest BCUT2D eigenvalue weighted by Gasteiger charge is -2.32. The van der Waals surface area contributed by atoms with Crippen molar-refractivity contribution in [1.82, 2.24) is 9.88 Å². The van der Waals surface area contributed by atoms with Gasteiger partial charge >= 0.3 is 0 Å². The molecule has 2 aromatic rings. The van der Waals surface area contributed by atoms with Gasteiger partial charge in [-0.15, -0.1) is 0 Å². The highest BCUT2D eigenvalue weighted by Gasteiger charge is 2.27. The van der Waals surface area contributed by atoms with Crippen LogP contribution >= 0.6 is 0 Å². The summed E-state index contributed by atoms with van der Waals surface area (Å²) in [7, 11) is 0. The van der Waals surface area contributed by atoms with Crippen molar-refractivity contribution in [3.63, 3.8) is 0 Å². The number of amides is 1. The smallest absolute Gasteiger partial charge is 0.276 e. The molecular weight excluding hydrogens is 304 g/mol. The average Bonchev–Trinajstić information content (AvgIpc) is 3.11. The van der Waals surface area contributed by atoms with E-state index in [0.29, 0.717) is 37.6 Å². The largest absolute Gasteiger partial charge is 0.448 e. The number of hydrogen-bond acceptors (Lipinski definition) is 4. The summed E-state index contributed by atoms with van der Waals surface area (Å²) in [4.78, 5) is 18.6. The molecule has 1 aromatic carbocycles. The zero-order valence-electron chi connectivity index (χ0n) is 14.1. The van der Waals surface area contributed by atoms with Gasteiger partial charge in [0.1, 0.15) is 5.76 Å². The molecule has 1 aliphatic heterocycles. The van der Waals surface area contributed by atoms with Crippen LogP contribution in [0.5, 0.6) is 0 Å². The minimum atomic E-state index is -0.0445. The standard InChI is InChI=1S/C19H24N2O3/c1-2-17-18(20-14-24-17)19(22)21-11-12-23-16(13-21)10-6-9-15-7-4-3-5-8-15/h3-5,7-8,14,16H,2,6,9-13H2,1H3. The lowest BCUT2D eigenvalue weighted by molar-refractivity contribution is -0.0257. The van der Waals surface area contributed by atoms with Gasteiger partial charge in [-0.05, 0) is 24.8 Å². The van der Waals surface area contributed by atoms with E-state index in [9.17, 15) is 4.79 Å². The highest BCUT2D eigenvalue weighted by atomic mass is 16.5. The number of oxazole rings is 1. The molecular formula is C19H24N2O3. The summed E-state index contributed by atoms with van der Waals surface area (Å²) in [6, 6.07) is 10.5. The molecule has 24 heavy (non-hydrogen) atoms. The summed E-state index contributed by atoms with van der Waals surface area (Å²) in [6.07, 6.45) is 5.18. The Morgan fingerprint density at radius 3 is 2.96 bits per heavy atom. The molecule has 2 heterocycles. The molecule has 0 aliphatic carbocycles. The molecule has 5 nitrogen and oxygen atoms in total. The van der Waals surface area contributed by atoms with Crippen LogP contribution in [0.3, 0.4) is 0 Å². The molecule has 0 saturated carbocycles. The van der Waals surface area contributed by atoms with Crippen LogP contribution in [0.4, 0.5) is 0 Å². The van der Waals surface area contributed by atoms with Crippen molar-refractivity contribution in [3.05, 3.63) is 53.7 Å². The van der Waals surface area contributed by atoms with E-state index < -0.39 is 0 Å². The Hall–Kier alpha value is -2.14. The van der Waals surface area contributed by atoms with E-state index in [1.165, 1.54) is 12.0 Å². The molecule has 1 atom stereocenters. The summed E-state index contributed by atoms with van der Waals surface area (Å²) in [5.41, 5.74) is 1.79. The summed E-state index contributed by atoms with van der Waals surface area (Å²) >= 11 is 0. The van der Waals surface area contributed by atoms with Crippen LogP contribution in [-0.2, 0) is 17.6 Å². The summed E-state index contributed by atoms with van der Waals surface area (Å²) < 4.78 is 11.1. The van der Waals surface area contributed by atoms with Gasteiger partial charge in [0.2, 0.25) is 0 Å². The second kappa shape index (κ2) is 8.11. The molecule has 1 saturated heterocycles. The van der Waals surface area contributed by atoms with Crippen molar-refractivity contribution in [3.8, 4) is 0 Å². The molecule has 0 spiro atoms. The second-order valence-electron chi connectivity index (χ2n) is 6.10. The van der Waals surface area contributed by atoms with E-state index in [1.807, 2.05) is 17.9 Å². The Labute approximate surface area is 142 Å². The first-order valence-corrected chi connectivity index (χ1v) is 8.65. The lowest BCUT2D eigenvalue weighted by atomic mass is 10.0. The van der Waals surface area contributed by atoms with Crippen molar-refractivity contribution in [2.75, 3.05) is 19.7 Å². The Bertz CT molecular complexity index is 654.